The van der Waals surface area contributed by atoms with Crippen molar-refractivity contribution < 1.29 is 42.7 Å². The Balaban J connectivity index is 0.000000137. The van der Waals surface area contributed by atoms with Crippen LogP contribution in [0.4, 0.5) is 0 Å². The smallest absolute Gasteiger partial charge is 0.233 e. The number of ketones is 1. The van der Waals surface area contributed by atoms with Crippen LogP contribution in [0.5, 0.6) is 46.5 Å². The van der Waals surface area contributed by atoms with Crippen molar-refractivity contribution in [1.29, 1.82) is 0 Å². The van der Waals surface area contributed by atoms with E-state index in [1.54, 1.807) is 88.0 Å². The molecule has 5 aromatic carbocycles. The van der Waals surface area contributed by atoms with Gasteiger partial charge >= 0.3 is 0 Å². The van der Waals surface area contributed by atoms with Crippen LogP contribution in [0.25, 0.3) is 45.0 Å². The van der Waals surface area contributed by atoms with Crippen LogP contribution in [0.15, 0.2) is 181 Å². The molecule has 21 nitrogen and oxygen atoms in total. The Labute approximate surface area is 503 Å². The summed E-state index contributed by atoms with van der Waals surface area (Å²) in [5.74, 6) is 5.08. The standard InChI is InChI=1S/C18H16N2O3.C16H17N3O2S.C15H16N4O2.C14H13N3O2S/c1-22-17-10-6-5-9-14(17)15-11-18(20-19-15)23-12-16(21)13-7-3-2-4-8-13;1-11-15(22-10-17-11)7-8-21-16-9-13(18-19-16)12-5-3-4-6-14(12)20-2;1-19-10-16-8-11(19)9-21-15-7-13(17-18-15)12-5-3-4-6-14(12)20-2;1-18-12-5-3-2-4-10(12)11-8-13(17-16-11)19-9-14-15-6-7-20-14/h2-11H,12H2,1H3,(H,19,20);3-6,9-10H,7-8H2,1-2H3,(H,18,19);3-8,10H,9H2,1-2H3,(H,17,18);2-8H,9H2,1H3,(H,16,17). The molecular weight excluding hydrogens is 1130 g/mol. The Kier molecular flexibility index (Phi) is 21.4. The van der Waals surface area contributed by atoms with Crippen LogP contribution in [0.1, 0.15) is 31.6 Å². The van der Waals surface area contributed by atoms with Crippen molar-refractivity contribution in [3.63, 3.8) is 0 Å². The molecule has 7 heterocycles. The third-order valence-corrected chi connectivity index (χ3v) is 14.5. The number of imidazole rings is 1. The highest BCUT2D eigenvalue weighted by atomic mass is 32.1. The number of carbonyl (C=O) groups is 1. The van der Waals surface area contributed by atoms with Crippen molar-refractivity contribution >= 4 is 28.5 Å². The zero-order chi connectivity index (χ0) is 59.9. The number of hydrogen-bond donors (Lipinski definition) is 4. The first kappa shape index (κ1) is 60.1. The second-order valence-electron chi connectivity index (χ2n) is 18.3. The number of hydrogen-bond acceptors (Lipinski definition) is 18. The number of nitrogens with one attached hydrogen (secondary N) is 4. The highest BCUT2D eigenvalue weighted by molar-refractivity contribution is 7.09. The fourth-order valence-electron chi connectivity index (χ4n) is 8.32. The van der Waals surface area contributed by atoms with Crippen LogP contribution < -0.4 is 37.9 Å². The number of aromatic amines is 4. The molecule has 0 aliphatic rings. The first-order chi connectivity index (χ1) is 42.2. The summed E-state index contributed by atoms with van der Waals surface area (Å²) in [4.78, 5) is 25.7. The summed E-state index contributed by atoms with van der Waals surface area (Å²) in [7, 11) is 8.50. The number of benzene rings is 5. The van der Waals surface area contributed by atoms with Gasteiger partial charge in [-0.3, -0.25) is 25.2 Å². The van der Waals surface area contributed by atoms with Gasteiger partial charge in [-0.05, 0) is 55.5 Å². The molecule has 7 aromatic heterocycles. The minimum absolute atomic E-state index is 0.0553. The van der Waals surface area contributed by atoms with Crippen LogP contribution in [-0.4, -0.2) is 108 Å². The average molecular weight is 1200 g/mol. The predicted octanol–water partition coefficient (Wildman–Crippen LogP) is 12.3. The molecule has 0 saturated heterocycles. The summed E-state index contributed by atoms with van der Waals surface area (Å²) >= 11 is 3.21. The lowest BCUT2D eigenvalue weighted by molar-refractivity contribution is 0.0918. The molecule has 12 aromatic rings. The van der Waals surface area contributed by atoms with E-state index in [1.807, 2.05) is 163 Å². The fourth-order valence-corrected chi connectivity index (χ4v) is 9.61. The number of aryl methyl sites for hydroxylation is 2. The van der Waals surface area contributed by atoms with Gasteiger partial charge in [-0.25, -0.2) is 15.0 Å². The van der Waals surface area contributed by atoms with Gasteiger partial charge in [0.25, 0.3) is 0 Å². The third kappa shape index (κ3) is 16.4. The molecule has 0 fully saturated rings. The molecule has 0 aliphatic carbocycles. The summed E-state index contributed by atoms with van der Waals surface area (Å²) in [6.45, 7) is 3.39. The molecule has 86 heavy (non-hydrogen) atoms. The molecular formula is C63H62N12O9S2. The van der Waals surface area contributed by atoms with E-state index in [0.717, 1.165) is 90.8 Å². The molecule has 440 valence electrons. The number of ether oxygens (including phenoxy) is 8. The van der Waals surface area contributed by atoms with Crippen LogP contribution in [0, 0.1) is 6.92 Å². The zero-order valence-electron chi connectivity index (χ0n) is 47.9. The van der Waals surface area contributed by atoms with Gasteiger partial charge < -0.3 is 42.5 Å². The van der Waals surface area contributed by atoms with Crippen LogP contribution in [0.3, 0.4) is 0 Å². The Morgan fingerprint density at radius 1 is 0.523 bits per heavy atom. The van der Waals surface area contributed by atoms with E-state index in [2.05, 4.69) is 55.7 Å². The molecule has 0 saturated carbocycles. The number of rotatable bonds is 22. The van der Waals surface area contributed by atoms with Gasteiger partial charge in [0.05, 0.1) is 87.2 Å². The first-order valence-electron chi connectivity index (χ1n) is 26.8. The van der Waals surface area contributed by atoms with E-state index >= 15 is 0 Å². The summed E-state index contributed by atoms with van der Waals surface area (Å²) in [5.41, 5.74) is 11.6. The molecule has 0 radical (unpaired) electrons. The van der Waals surface area contributed by atoms with Gasteiger partial charge in [-0.2, -0.15) is 0 Å². The van der Waals surface area contributed by atoms with E-state index in [4.69, 9.17) is 37.9 Å². The normalized spacial score (nSPS) is 10.5. The quantitative estimate of drug-likeness (QED) is 0.0461. The van der Waals surface area contributed by atoms with E-state index in [1.165, 1.54) is 4.88 Å². The van der Waals surface area contributed by atoms with Gasteiger partial charge in [0.15, 0.2) is 12.4 Å². The second-order valence-corrected chi connectivity index (χ2v) is 20.2. The molecule has 0 bridgehead atoms. The summed E-state index contributed by atoms with van der Waals surface area (Å²) in [6.07, 6.45) is 6.11. The van der Waals surface area contributed by atoms with Crippen LogP contribution >= 0.6 is 22.7 Å². The number of aromatic nitrogens is 12. The number of thiazole rings is 2. The summed E-state index contributed by atoms with van der Waals surface area (Å²) < 4.78 is 45.7. The minimum atomic E-state index is -0.0903. The topological polar surface area (TPSA) is 249 Å². The Hall–Kier alpha value is -10.5. The average Bonchev–Trinajstić information content (AvgIpc) is 4.09. The SMILES string of the molecule is COc1ccccc1-c1cc(OCC(=O)c2ccccc2)n[nH]1.COc1ccccc1-c1cc(OCCc2scnc2C)n[nH]1.COc1ccccc1-c1cc(OCc2cncn2C)n[nH]1.COc1ccccc1-c1cc(OCc2nccs2)n[nH]1. The number of methoxy groups -OCH3 is 4. The van der Waals surface area contributed by atoms with Gasteiger partial charge in [-0.1, -0.05) is 78.9 Å². The molecule has 0 aliphatic heterocycles. The van der Waals surface area contributed by atoms with Gasteiger partial charge in [0.1, 0.15) is 41.2 Å². The van der Waals surface area contributed by atoms with Crippen molar-refractivity contribution in [3.05, 3.63) is 208 Å². The Morgan fingerprint density at radius 2 is 0.965 bits per heavy atom. The fraction of sp³-hybridized carbons (Fsp3) is 0.175. The molecule has 12 rings (SSSR count). The number of carbonyl (C=O) groups excluding carboxylic acids is 1. The minimum Gasteiger partial charge on any atom is -0.496 e. The lowest BCUT2D eigenvalue weighted by Crippen LogP contribution is -2.11. The van der Waals surface area contributed by atoms with Gasteiger partial charge in [0.2, 0.25) is 23.5 Å². The van der Waals surface area contributed by atoms with E-state index in [9.17, 15) is 4.79 Å². The van der Waals surface area contributed by atoms with Crippen molar-refractivity contribution in [2.75, 3.05) is 41.7 Å². The molecule has 4 N–H and O–H groups in total. The van der Waals surface area contributed by atoms with Crippen LogP contribution in [0.2, 0.25) is 0 Å². The predicted molar refractivity (Wildman–Crippen MR) is 329 cm³/mol. The molecule has 0 atom stereocenters. The van der Waals surface area contributed by atoms with Gasteiger partial charge in [0, 0.05) is 82.0 Å². The van der Waals surface area contributed by atoms with Crippen molar-refractivity contribution in [2.45, 2.75) is 26.6 Å². The second kappa shape index (κ2) is 30.7. The highest BCUT2D eigenvalue weighted by Crippen LogP contribution is 2.33. The number of para-hydroxylation sites is 4. The highest BCUT2D eigenvalue weighted by Gasteiger charge is 2.15. The lowest BCUT2D eigenvalue weighted by Gasteiger charge is -2.05. The monoisotopic (exact) mass is 1190 g/mol. The van der Waals surface area contributed by atoms with Crippen LogP contribution in [-0.2, 0) is 26.7 Å². The van der Waals surface area contributed by atoms with E-state index in [0.29, 0.717) is 48.9 Å². The van der Waals surface area contributed by atoms with Gasteiger partial charge in [-0.15, -0.1) is 43.1 Å². The maximum atomic E-state index is 12.0. The largest absolute Gasteiger partial charge is 0.496 e. The molecule has 0 amide bonds. The molecule has 0 unspecified atom stereocenters. The van der Waals surface area contributed by atoms with Crippen molar-refractivity contribution in [2.24, 2.45) is 7.05 Å². The first-order valence-corrected chi connectivity index (χ1v) is 28.5. The van der Waals surface area contributed by atoms with Crippen molar-refractivity contribution in [1.82, 2.24) is 60.3 Å². The zero-order valence-corrected chi connectivity index (χ0v) is 49.6. The number of Topliss-reactive ketones (excluding diaryl/α,β-unsaturated/α-hetero) is 1. The number of nitrogens with zero attached hydrogens (tertiary/aromatic N) is 8. The molecule has 23 heteroatoms. The lowest BCUT2D eigenvalue weighted by atomic mass is 10.1. The Bertz CT molecular complexity index is 3980. The maximum absolute atomic E-state index is 12.0. The third-order valence-electron chi connectivity index (χ3n) is 12.8. The summed E-state index contributed by atoms with van der Waals surface area (Å²) in [6, 6.07) is 47.3. The van der Waals surface area contributed by atoms with Crippen molar-refractivity contribution in [3.8, 4) is 91.5 Å². The maximum Gasteiger partial charge on any atom is 0.233 e. The molecule has 0 spiro atoms. The summed E-state index contributed by atoms with van der Waals surface area (Å²) in [5, 5.41) is 31.2. The van der Waals surface area contributed by atoms with E-state index in [-0.39, 0.29) is 12.4 Å². The Morgan fingerprint density at radius 3 is 1.38 bits per heavy atom. The van der Waals surface area contributed by atoms with E-state index < -0.39 is 0 Å². The number of H-pyrrole nitrogens is 4.